The SMILES string of the molecule is CCCCCCCC/C=C/CC/C=C/C=C/CC(=O)NC(C)Cc1ccc(O)c(OC)c1. The molecule has 4 heteroatoms. The molecule has 1 aromatic carbocycles. The van der Waals surface area contributed by atoms with E-state index in [-0.39, 0.29) is 17.7 Å². The monoisotopic (exact) mass is 441 g/mol. The van der Waals surface area contributed by atoms with Crippen molar-refractivity contribution in [2.45, 2.75) is 90.5 Å². The highest BCUT2D eigenvalue weighted by Crippen LogP contribution is 2.26. The second-order valence-corrected chi connectivity index (χ2v) is 8.34. The zero-order chi connectivity index (χ0) is 23.4. The number of nitrogens with one attached hydrogen (secondary N) is 1. The van der Waals surface area contributed by atoms with Crippen LogP contribution in [0.2, 0.25) is 0 Å². The molecule has 1 amide bonds. The average molecular weight is 442 g/mol. The molecule has 4 nitrogen and oxygen atoms in total. The summed E-state index contributed by atoms with van der Waals surface area (Å²) in [6, 6.07) is 5.26. The Balaban J connectivity index is 2.11. The third-order valence-corrected chi connectivity index (χ3v) is 5.27. The normalized spacial score (nSPS) is 12.7. The van der Waals surface area contributed by atoms with Crippen molar-refractivity contribution in [3.8, 4) is 11.5 Å². The van der Waals surface area contributed by atoms with Crippen LogP contribution in [0.3, 0.4) is 0 Å². The zero-order valence-electron chi connectivity index (χ0n) is 20.3. The Kier molecular flexibility index (Phi) is 15.6. The largest absolute Gasteiger partial charge is 0.504 e. The molecule has 0 aliphatic carbocycles. The minimum Gasteiger partial charge on any atom is -0.504 e. The number of unbranched alkanes of at least 4 members (excludes halogenated alkanes) is 7. The molecule has 1 unspecified atom stereocenters. The number of hydrogen-bond donors (Lipinski definition) is 2. The van der Waals surface area contributed by atoms with E-state index in [1.165, 1.54) is 52.1 Å². The Labute approximate surface area is 195 Å². The molecule has 0 saturated heterocycles. The van der Waals surface area contributed by atoms with Crippen LogP contribution in [0.5, 0.6) is 11.5 Å². The van der Waals surface area contributed by atoms with Crippen molar-refractivity contribution in [1.29, 1.82) is 0 Å². The van der Waals surface area contributed by atoms with Crippen LogP contribution in [-0.2, 0) is 11.2 Å². The van der Waals surface area contributed by atoms with Gasteiger partial charge in [-0.1, -0.05) is 81.6 Å². The Morgan fingerprint density at radius 2 is 1.69 bits per heavy atom. The van der Waals surface area contributed by atoms with Gasteiger partial charge in [-0.15, -0.1) is 0 Å². The first-order valence-corrected chi connectivity index (χ1v) is 12.2. The molecule has 0 aliphatic heterocycles. The highest BCUT2D eigenvalue weighted by atomic mass is 16.5. The van der Waals surface area contributed by atoms with Gasteiger partial charge in [0.2, 0.25) is 5.91 Å². The standard InChI is InChI=1S/C28H43NO3/c1-4-5-6-7-8-9-10-11-12-13-14-15-16-17-18-19-28(31)29-24(2)22-25-20-21-26(30)27(23-25)32-3/h11-12,15-18,20-21,23-24,30H,4-10,13-14,19,22H2,1-3H3,(H,29,31)/b12-11+,16-15+,18-17+. The van der Waals surface area contributed by atoms with E-state index in [4.69, 9.17) is 4.74 Å². The molecule has 0 bridgehead atoms. The van der Waals surface area contributed by atoms with Gasteiger partial charge in [-0.25, -0.2) is 0 Å². The molecule has 0 spiro atoms. The van der Waals surface area contributed by atoms with Gasteiger partial charge in [-0.05, 0) is 56.7 Å². The van der Waals surface area contributed by atoms with Crippen molar-refractivity contribution < 1.29 is 14.6 Å². The number of carbonyl (C=O) groups excluding carboxylic acids is 1. The number of methoxy groups -OCH3 is 1. The number of hydrogen-bond acceptors (Lipinski definition) is 3. The van der Waals surface area contributed by atoms with Crippen molar-refractivity contribution in [3.63, 3.8) is 0 Å². The van der Waals surface area contributed by atoms with Gasteiger partial charge in [-0.2, -0.15) is 0 Å². The first kappa shape index (κ1) is 27.5. The fourth-order valence-electron chi connectivity index (χ4n) is 3.49. The predicted molar refractivity (Wildman–Crippen MR) is 135 cm³/mol. The van der Waals surface area contributed by atoms with E-state index in [1.54, 1.807) is 12.1 Å². The van der Waals surface area contributed by atoms with Crippen molar-refractivity contribution >= 4 is 5.91 Å². The lowest BCUT2D eigenvalue weighted by atomic mass is 10.1. The summed E-state index contributed by atoms with van der Waals surface area (Å²) in [5, 5.41) is 12.7. The number of benzene rings is 1. The fraction of sp³-hybridized carbons (Fsp3) is 0.536. The molecule has 0 fully saturated rings. The van der Waals surface area contributed by atoms with Gasteiger partial charge in [-0.3, -0.25) is 4.79 Å². The third kappa shape index (κ3) is 13.7. The van der Waals surface area contributed by atoms with Gasteiger partial charge in [0.1, 0.15) is 0 Å². The molecule has 0 radical (unpaired) electrons. The second-order valence-electron chi connectivity index (χ2n) is 8.34. The Bertz CT molecular complexity index is 721. The van der Waals surface area contributed by atoms with Crippen molar-refractivity contribution in [2.24, 2.45) is 0 Å². The highest BCUT2D eigenvalue weighted by Gasteiger charge is 2.09. The maximum Gasteiger partial charge on any atom is 0.224 e. The van der Waals surface area contributed by atoms with Crippen LogP contribution in [0.4, 0.5) is 0 Å². The third-order valence-electron chi connectivity index (χ3n) is 5.27. The zero-order valence-corrected chi connectivity index (χ0v) is 20.3. The van der Waals surface area contributed by atoms with Crippen molar-refractivity contribution in [3.05, 3.63) is 60.2 Å². The van der Waals surface area contributed by atoms with Crippen LogP contribution in [-0.4, -0.2) is 24.2 Å². The number of amides is 1. The Morgan fingerprint density at radius 1 is 1.00 bits per heavy atom. The number of carbonyl (C=O) groups is 1. The fourth-order valence-corrected chi connectivity index (χ4v) is 3.49. The summed E-state index contributed by atoms with van der Waals surface area (Å²) in [4.78, 5) is 12.1. The van der Waals surface area contributed by atoms with E-state index in [1.807, 2.05) is 31.2 Å². The number of phenolic OH excluding ortho intramolecular Hbond substituents is 1. The summed E-state index contributed by atoms with van der Waals surface area (Å²) in [6.07, 6.45) is 25.0. The number of allylic oxidation sites excluding steroid dienone is 5. The van der Waals surface area contributed by atoms with Crippen LogP contribution in [0.25, 0.3) is 0 Å². The molecular formula is C28H43NO3. The van der Waals surface area contributed by atoms with Gasteiger partial charge in [0.05, 0.1) is 7.11 Å². The van der Waals surface area contributed by atoms with Crippen LogP contribution >= 0.6 is 0 Å². The van der Waals surface area contributed by atoms with Crippen LogP contribution in [0.15, 0.2) is 54.7 Å². The molecule has 0 saturated carbocycles. The molecule has 178 valence electrons. The summed E-state index contributed by atoms with van der Waals surface area (Å²) in [6.45, 7) is 4.23. The molecule has 1 atom stereocenters. The summed E-state index contributed by atoms with van der Waals surface area (Å²) >= 11 is 0. The first-order chi connectivity index (χ1) is 15.6. The summed E-state index contributed by atoms with van der Waals surface area (Å²) in [5.74, 6) is 0.574. The topological polar surface area (TPSA) is 58.6 Å². The molecule has 2 N–H and O–H groups in total. The lowest BCUT2D eigenvalue weighted by molar-refractivity contribution is -0.120. The van der Waals surface area contributed by atoms with E-state index in [9.17, 15) is 9.90 Å². The van der Waals surface area contributed by atoms with Crippen LogP contribution in [0, 0.1) is 0 Å². The summed E-state index contributed by atoms with van der Waals surface area (Å²) in [5.41, 5.74) is 1.01. The van der Waals surface area contributed by atoms with Crippen molar-refractivity contribution in [2.75, 3.05) is 7.11 Å². The molecule has 0 aliphatic rings. The molecule has 32 heavy (non-hydrogen) atoms. The molecule has 0 aromatic heterocycles. The molecule has 1 aromatic rings. The van der Waals surface area contributed by atoms with Crippen molar-refractivity contribution in [1.82, 2.24) is 5.32 Å². The minimum absolute atomic E-state index is 0.00354. The van der Waals surface area contributed by atoms with Gasteiger partial charge in [0.25, 0.3) is 0 Å². The van der Waals surface area contributed by atoms with E-state index < -0.39 is 0 Å². The maximum atomic E-state index is 12.1. The van der Waals surface area contributed by atoms with E-state index >= 15 is 0 Å². The van der Waals surface area contributed by atoms with Crippen LogP contribution in [0.1, 0.15) is 83.6 Å². The van der Waals surface area contributed by atoms with E-state index in [0.29, 0.717) is 18.6 Å². The predicted octanol–water partition coefficient (Wildman–Crippen LogP) is 7.04. The number of aromatic hydroxyl groups is 1. The van der Waals surface area contributed by atoms with Gasteiger partial charge in [0, 0.05) is 12.5 Å². The lowest BCUT2D eigenvalue weighted by Gasteiger charge is -2.14. The Hall–Kier alpha value is -2.49. The molecule has 0 heterocycles. The molecular weight excluding hydrogens is 398 g/mol. The van der Waals surface area contributed by atoms with E-state index in [2.05, 4.69) is 30.5 Å². The average Bonchev–Trinajstić information content (AvgIpc) is 2.77. The number of rotatable bonds is 17. The highest BCUT2D eigenvalue weighted by molar-refractivity contribution is 5.77. The van der Waals surface area contributed by atoms with Gasteiger partial charge < -0.3 is 15.2 Å². The lowest BCUT2D eigenvalue weighted by Crippen LogP contribution is -2.33. The van der Waals surface area contributed by atoms with Gasteiger partial charge >= 0.3 is 0 Å². The second kappa shape index (κ2) is 18.1. The number of ether oxygens (including phenoxy) is 1. The first-order valence-electron chi connectivity index (χ1n) is 12.2. The summed E-state index contributed by atoms with van der Waals surface area (Å²) < 4.78 is 5.13. The smallest absolute Gasteiger partial charge is 0.224 e. The van der Waals surface area contributed by atoms with Crippen LogP contribution < -0.4 is 10.1 Å². The summed E-state index contributed by atoms with van der Waals surface area (Å²) in [7, 11) is 1.53. The quantitative estimate of drug-likeness (QED) is 0.155. The minimum atomic E-state index is 0.00354. The van der Waals surface area contributed by atoms with E-state index in [0.717, 1.165) is 18.4 Å². The Morgan fingerprint density at radius 3 is 2.47 bits per heavy atom. The maximum absolute atomic E-state index is 12.1. The molecule has 1 rings (SSSR count). The van der Waals surface area contributed by atoms with Gasteiger partial charge in [0.15, 0.2) is 11.5 Å². The number of phenols is 1.